The van der Waals surface area contributed by atoms with Gasteiger partial charge < -0.3 is 9.64 Å². The van der Waals surface area contributed by atoms with E-state index < -0.39 is 0 Å². The number of ether oxygens (including phenoxy) is 1. The van der Waals surface area contributed by atoms with Crippen LogP contribution in [0, 0.1) is 6.92 Å². The van der Waals surface area contributed by atoms with Crippen LogP contribution in [-0.4, -0.2) is 56.2 Å². The number of likely N-dealkylation sites (N-methyl/N-ethyl adjacent to an activating group) is 1. The van der Waals surface area contributed by atoms with Gasteiger partial charge in [-0.05, 0) is 51.7 Å². The maximum Gasteiger partial charge on any atom is 0.138 e. The van der Waals surface area contributed by atoms with Crippen LogP contribution in [0.1, 0.15) is 12.0 Å². The Balaban J connectivity index is 1.77. The fraction of sp³-hybridized carbons (Fsp3) is 0.600. The summed E-state index contributed by atoms with van der Waals surface area (Å²) in [7, 11) is 4.30. The van der Waals surface area contributed by atoms with Crippen molar-refractivity contribution in [2.45, 2.75) is 19.4 Å². The van der Waals surface area contributed by atoms with Gasteiger partial charge in [0.15, 0.2) is 0 Å². The lowest BCUT2D eigenvalue weighted by atomic mass is 10.2. The summed E-state index contributed by atoms with van der Waals surface area (Å²) in [6.07, 6.45) is 1.25. The molecule has 0 aromatic heterocycles. The largest absolute Gasteiger partial charge is 0.491 e. The van der Waals surface area contributed by atoms with Gasteiger partial charge in [0.05, 0.1) is 5.02 Å². The van der Waals surface area contributed by atoms with Gasteiger partial charge in [-0.3, -0.25) is 4.90 Å². The molecule has 0 amide bonds. The molecule has 1 saturated heterocycles. The molecule has 0 radical (unpaired) electrons. The fourth-order valence-electron chi connectivity index (χ4n) is 2.44. The Morgan fingerprint density at radius 1 is 1.42 bits per heavy atom. The Bertz CT molecular complexity index is 423. The van der Waals surface area contributed by atoms with Crippen molar-refractivity contribution >= 4 is 11.6 Å². The third-order valence-corrected chi connectivity index (χ3v) is 4.04. The third-order valence-electron chi connectivity index (χ3n) is 3.73. The fourth-order valence-corrected chi connectivity index (χ4v) is 2.61. The maximum atomic E-state index is 6.11. The molecule has 0 bridgehead atoms. The number of benzene rings is 1. The summed E-state index contributed by atoms with van der Waals surface area (Å²) in [5, 5.41) is 0.693. The number of hydrogen-bond acceptors (Lipinski definition) is 3. The molecule has 2 rings (SSSR count). The Morgan fingerprint density at radius 2 is 2.21 bits per heavy atom. The van der Waals surface area contributed by atoms with Gasteiger partial charge in [-0.15, -0.1) is 0 Å². The molecule has 1 aromatic rings. The van der Waals surface area contributed by atoms with E-state index >= 15 is 0 Å². The van der Waals surface area contributed by atoms with Gasteiger partial charge >= 0.3 is 0 Å². The van der Waals surface area contributed by atoms with E-state index in [2.05, 4.69) is 23.9 Å². The molecular weight excluding hydrogens is 260 g/mol. The average molecular weight is 283 g/mol. The van der Waals surface area contributed by atoms with Gasteiger partial charge in [-0.1, -0.05) is 17.7 Å². The monoisotopic (exact) mass is 282 g/mol. The van der Waals surface area contributed by atoms with Crippen LogP contribution in [0.2, 0.25) is 5.02 Å². The summed E-state index contributed by atoms with van der Waals surface area (Å²) in [6.45, 7) is 6.01. The van der Waals surface area contributed by atoms with Gasteiger partial charge in [0.1, 0.15) is 12.4 Å². The lowest BCUT2D eigenvalue weighted by Crippen LogP contribution is -2.33. The summed E-state index contributed by atoms with van der Waals surface area (Å²) in [4.78, 5) is 4.76. The van der Waals surface area contributed by atoms with Crippen LogP contribution in [0.25, 0.3) is 0 Å². The zero-order chi connectivity index (χ0) is 13.8. The van der Waals surface area contributed by atoms with Crippen molar-refractivity contribution in [2.75, 3.05) is 40.3 Å². The summed E-state index contributed by atoms with van der Waals surface area (Å²) >= 11 is 6.11. The topological polar surface area (TPSA) is 15.7 Å². The van der Waals surface area contributed by atoms with Gasteiger partial charge in [0.25, 0.3) is 0 Å². The lowest BCUT2D eigenvalue weighted by molar-refractivity contribution is 0.221. The van der Waals surface area contributed by atoms with Crippen molar-refractivity contribution in [3.63, 3.8) is 0 Å². The molecule has 1 fully saturated rings. The standard InChI is InChI=1S/C15H23ClN2O/c1-12-4-5-14(16)15(10-12)19-9-8-18-7-6-13(11-18)17(2)3/h4-5,10,13H,6-9,11H2,1-3H3. The number of nitrogens with zero attached hydrogens (tertiary/aromatic N) is 2. The SMILES string of the molecule is Cc1ccc(Cl)c(OCCN2CCC(N(C)C)C2)c1. The van der Waals surface area contributed by atoms with E-state index in [1.165, 1.54) is 12.0 Å². The van der Waals surface area contributed by atoms with Crippen molar-refractivity contribution in [1.82, 2.24) is 9.80 Å². The third kappa shape index (κ3) is 4.10. The minimum Gasteiger partial charge on any atom is -0.491 e. The quantitative estimate of drug-likeness (QED) is 0.826. The van der Waals surface area contributed by atoms with Crippen LogP contribution in [0.5, 0.6) is 5.75 Å². The van der Waals surface area contributed by atoms with Crippen molar-refractivity contribution in [3.05, 3.63) is 28.8 Å². The smallest absolute Gasteiger partial charge is 0.138 e. The van der Waals surface area contributed by atoms with Crippen LogP contribution in [0.15, 0.2) is 18.2 Å². The van der Waals surface area contributed by atoms with E-state index in [0.29, 0.717) is 17.7 Å². The van der Waals surface area contributed by atoms with Gasteiger partial charge in [-0.2, -0.15) is 0 Å². The first kappa shape index (κ1) is 14.6. The minimum atomic E-state index is 0.683. The van der Waals surface area contributed by atoms with E-state index in [1.807, 2.05) is 25.1 Å². The molecule has 3 nitrogen and oxygen atoms in total. The molecule has 0 spiro atoms. The van der Waals surface area contributed by atoms with Crippen molar-refractivity contribution in [3.8, 4) is 5.75 Å². The number of aryl methyl sites for hydroxylation is 1. The molecule has 0 N–H and O–H groups in total. The van der Waals surface area contributed by atoms with E-state index in [4.69, 9.17) is 16.3 Å². The molecule has 19 heavy (non-hydrogen) atoms. The predicted octanol–water partition coefficient (Wildman–Crippen LogP) is 2.66. The predicted molar refractivity (Wildman–Crippen MR) is 80.2 cm³/mol. The highest BCUT2D eigenvalue weighted by molar-refractivity contribution is 6.32. The molecular formula is C15H23ClN2O. The van der Waals surface area contributed by atoms with Crippen LogP contribution in [0.3, 0.4) is 0 Å². The van der Waals surface area contributed by atoms with E-state index in [0.717, 1.165) is 25.4 Å². The summed E-state index contributed by atoms with van der Waals surface area (Å²) in [6, 6.07) is 6.57. The van der Waals surface area contributed by atoms with Crippen LogP contribution in [-0.2, 0) is 0 Å². The van der Waals surface area contributed by atoms with Crippen LogP contribution < -0.4 is 4.74 Å². The van der Waals surface area contributed by atoms with Gasteiger partial charge in [0, 0.05) is 19.1 Å². The second-order valence-corrected chi connectivity index (χ2v) is 5.90. The van der Waals surface area contributed by atoms with Crippen LogP contribution >= 0.6 is 11.6 Å². The van der Waals surface area contributed by atoms with Crippen molar-refractivity contribution in [2.24, 2.45) is 0 Å². The zero-order valence-electron chi connectivity index (χ0n) is 12.0. The summed E-state index contributed by atoms with van der Waals surface area (Å²) in [5.41, 5.74) is 1.17. The summed E-state index contributed by atoms with van der Waals surface area (Å²) < 4.78 is 5.79. The molecule has 1 aliphatic rings. The lowest BCUT2D eigenvalue weighted by Gasteiger charge is -2.20. The Kier molecular flexibility index (Phi) is 5.08. The molecule has 1 unspecified atom stereocenters. The Hall–Kier alpha value is -0.770. The Labute approximate surface area is 121 Å². The molecule has 0 saturated carbocycles. The van der Waals surface area contributed by atoms with E-state index in [-0.39, 0.29) is 0 Å². The zero-order valence-corrected chi connectivity index (χ0v) is 12.8. The highest BCUT2D eigenvalue weighted by Gasteiger charge is 2.23. The number of hydrogen-bond donors (Lipinski definition) is 0. The average Bonchev–Trinajstić information content (AvgIpc) is 2.82. The van der Waals surface area contributed by atoms with Crippen LogP contribution in [0.4, 0.5) is 0 Å². The molecule has 1 aromatic carbocycles. The molecule has 4 heteroatoms. The first-order chi connectivity index (χ1) is 9.06. The van der Waals surface area contributed by atoms with Gasteiger partial charge in [0.2, 0.25) is 0 Å². The van der Waals surface area contributed by atoms with Crippen molar-refractivity contribution < 1.29 is 4.74 Å². The van der Waals surface area contributed by atoms with E-state index in [1.54, 1.807) is 0 Å². The molecule has 0 aliphatic carbocycles. The second kappa shape index (κ2) is 6.60. The van der Waals surface area contributed by atoms with Crippen molar-refractivity contribution in [1.29, 1.82) is 0 Å². The number of rotatable bonds is 5. The molecule has 106 valence electrons. The molecule has 1 atom stereocenters. The first-order valence-corrected chi connectivity index (χ1v) is 7.22. The highest BCUT2D eigenvalue weighted by Crippen LogP contribution is 2.25. The van der Waals surface area contributed by atoms with Gasteiger partial charge in [-0.25, -0.2) is 0 Å². The normalized spacial score (nSPS) is 20.2. The van der Waals surface area contributed by atoms with E-state index in [9.17, 15) is 0 Å². The first-order valence-electron chi connectivity index (χ1n) is 6.84. The molecule has 1 heterocycles. The Morgan fingerprint density at radius 3 is 2.89 bits per heavy atom. The maximum absolute atomic E-state index is 6.11. The number of halogens is 1. The number of likely N-dealkylation sites (tertiary alicyclic amines) is 1. The highest BCUT2D eigenvalue weighted by atomic mass is 35.5. The summed E-state index contributed by atoms with van der Waals surface area (Å²) in [5.74, 6) is 0.796. The molecule has 1 aliphatic heterocycles. The second-order valence-electron chi connectivity index (χ2n) is 5.49. The minimum absolute atomic E-state index is 0.683.